The molecule has 0 radical (unpaired) electrons. The van der Waals surface area contributed by atoms with Gasteiger partial charge in [0.15, 0.2) is 5.78 Å². The van der Waals surface area contributed by atoms with Crippen LogP contribution in [0.15, 0.2) is 54.6 Å². The van der Waals surface area contributed by atoms with Gasteiger partial charge in [-0.15, -0.1) is 0 Å². The predicted octanol–water partition coefficient (Wildman–Crippen LogP) is 5.24. The van der Waals surface area contributed by atoms with Gasteiger partial charge >= 0.3 is 6.18 Å². The summed E-state index contributed by atoms with van der Waals surface area (Å²) in [7, 11) is 0. The van der Waals surface area contributed by atoms with Gasteiger partial charge in [0.1, 0.15) is 6.61 Å². The molecule has 25 heavy (non-hydrogen) atoms. The average Bonchev–Trinajstić information content (AvgIpc) is 2.59. The van der Waals surface area contributed by atoms with E-state index < -0.39 is 11.7 Å². The molecule has 0 spiro atoms. The molecule has 3 aromatic carbocycles. The summed E-state index contributed by atoms with van der Waals surface area (Å²) < 4.78 is 43.8. The molecule has 0 N–H and O–H groups in total. The molecule has 1 heterocycles. The predicted molar refractivity (Wildman–Crippen MR) is 88.4 cm³/mol. The Morgan fingerprint density at radius 3 is 2.32 bits per heavy atom. The summed E-state index contributed by atoms with van der Waals surface area (Å²) in [5.41, 5.74) is 1.88. The third kappa shape index (κ3) is 2.70. The van der Waals surface area contributed by atoms with E-state index in [1.807, 2.05) is 30.3 Å². The van der Waals surface area contributed by atoms with Crippen LogP contribution >= 0.6 is 0 Å². The topological polar surface area (TPSA) is 26.3 Å². The Kier molecular flexibility index (Phi) is 3.62. The van der Waals surface area contributed by atoms with Crippen molar-refractivity contribution in [1.29, 1.82) is 0 Å². The number of carbonyl (C=O) groups excluding carboxylic acids is 1. The molecule has 0 amide bonds. The van der Waals surface area contributed by atoms with E-state index >= 15 is 0 Å². The molecule has 0 atom stereocenters. The van der Waals surface area contributed by atoms with Crippen molar-refractivity contribution >= 4 is 16.6 Å². The molecule has 0 aliphatic carbocycles. The fourth-order valence-electron chi connectivity index (χ4n) is 3.29. The lowest BCUT2D eigenvalue weighted by Crippen LogP contribution is -2.19. The zero-order valence-electron chi connectivity index (χ0n) is 13.1. The largest absolute Gasteiger partial charge is 0.416 e. The lowest BCUT2D eigenvalue weighted by Gasteiger charge is -2.21. The van der Waals surface area contributed by atoms with E-state index in [-0.39, 0.29) is 12.4 Å². The summed E-state index contributed by atoms with van der Waals surface area (Å²) >= 11 is 0. The number of hydrogen-bond donors (Lipinski definition) is 0. The Hall–Kier alpha value is -2.66. The molecular formula is C20H13F3O2. The molecule has 4 rings (SSSR count). The maximum absolute atomic E-state index is 12.8. The number of ketones is 1. The van der Waals surface area contributed by atoms with E-state index in [1.54, 1.807) is 0 Å². The lowest BCUT2D eigenvalue weighted by molar-refractivity contribution is -0.137. The van der Waals surface area contributed by atoms with E-state index in [0.717, 1.165) is 28.5 Å². The van der Waals surface area contributed by atoms with E-state index in [0.29, 0.717) is 23.3 Å². The number of halogens is 3. The number of hydrogen-bond acceptors (Lipinski definition) is 2. The number of fused-ring (bicyclic) bond motifs is 2. The monoisotopic (exact) mass is 342 g/mol. The summed E-state index contributed by atoms with van der Waals surface area (Å²) in [6.07, 6.45) is -4.39. The summed E-state index contributed by atoms with van der Waals surface area (Å²) in [6, 6.07) is 14.4. The first-order chi connectivity index (χ1) is 11.9. The van der Waals surface area contributed by atoms with Crippen LogP contribution in [0.1, 0.15) is 21.5 Å². The minimum atomic E-state index is -4.39. The highest BCUT2D eigenvalue weighted by Crippen LogP contribution is 2.38. The van der Waals surface area contributed by atoms with Crippen molar-refractivity contribution in [3.63, 3.8) is 0 Å². The highest BCUT2D eigenvalue weighted by atomic mass is 19.4. The lowest BCUT2D eigenvalue weighted by atomic mass is 9.87. The van der Waals surface area contributed by atoms with Crippen LogP contribution in [0, 0.1) is 0 Å². The standard InChI is InChI=1S/C20H13F3O2/c21-20(22,23)15-7-5-12(6-8-15)18-16-4-2-1-3-13(16)9-14-10-25-11-17(24)19(14)18/h1-9H,10-11H2. The van der Waals surface area contributed by atoms with Crippen LogP contribution in [0.25, 0.3) is 21.9 Å². The van der Waals surface area contributed by atoms with Gasteiger partial charge in [-0.3, -0.25) is 4.79 Å². The van der Waals surface area contributed by atoms with Crippen molar-refractivity contribution in [3.8, 4) is 11.1 Å². The van der Waals surface area contributed by atoms with Crippen LogP contribution in [-0.2, 0) is 17.5 Å². The molecule has 126 valence electrons. The Balaban J connectivity index is 2.00. The number of ether oxygens (including phenoxy) is 1. The maximum Gasteiger partial charge on any atom is 0.416 e. The summed E-state index contributed by atoms with van der Waals surface area (Å²) in [4.78, 5) is 12.4. The number of rotatable bonds is 1. The molecule has 1 aliphatic rings. The van der Waals surface area contributed by atoms with Crippen LogP contribution in [0.4, 0.5) is 13.2 Å². The molecule has 0 saturated carbocycles. The summed E-state index contributed by atoms with van der Waals surface area (Å²) in [5, 5.41) is 1.77. The molecule has 0 fully saturated rings. The van der Waals surface area contributed by atoms with E-state index in [1.165, 1.54) is 12.1 Å². The van der Waals surface area contributed by atoms with E-state index in [4.69, 9.17) is 4.74 Å². The van der Waals surface area contributed by atoms with Gasteiger partial charge in [-0.05, 0) is 40.1 Å². The van der Waals surface area contributed by atoms with Crippen molar-refractivity contribution < 1.29 is 22.7 Å². The molecule has 5 heteroatoms. The summed E-state index contributed by atoms with van der Waals surface area (Å²) in [6.45, 7) is 0.304. The first-order valence-corrected chi connectivity index (χ1v) is 7.78. The van der Waals surface area contributed by atoms with Crippen LogP contribution in [0.2, 0.25) is 0 Å². The third-order valence-electron chi connectivity index (χ3n) is 4.40. The second-order valence-corrected chi connectivity index (χ2v) is 6.00. The van der Waals surface area contributed by atoms with E-state index in [9.17, 15) is 18.0 Å². The maximum atomic E-state index is 12.8. The van der Waals surface area contributed by atoms with Crippen LogP contribution < -0.4 is 0 Å². The average molecular weight is 342 g/mol. The van der Waals surface area contributed by atoms with Crippen LogP contribution in [-0.4, -0.2) is 12.4 Å². The Bertz CT molecular complexity index is 973. The molecule has 0 unspecified atom stereocenters. The minimum Gasteiger partial charge on any atom is -0.369 e. The molecule has 1 aliphatic heterocycles. The fraction of sp³-hybridized carbons (Fsp3) is 0.150. The molecule has 0 aromatic heterocycles. The van der Waals surface area contributed by atoms with Gasteiger partial charge in [-0.2, -0.15) is 13.2 Å². The number of benzene rings is 3. The van der Waals surface area contributed by atoms with Gasteiger partial charge in [0.25, 0.3) is 0 Å². The molecule has 2 nitrogen and oxygen atoms in total. The highest BCUT2D eigenvalue weighted by Gasteiger charge is 2.30. The third-order valence-corrected chi connectivity index (χ3v) is 4.40. The number of Topliss-reactive ketones (excluding diaryl/α,β-unsaturated/α-hetero) is 1. The number of alkyl halides is 3. The minimum absolute atomic E-state index is 0.0149. The number of carbonyl (C=O) groups is 1. The first kappa shape index (κ1) is 15.8. The molecule has 0 saturated heterocycles. The van der Waals surface area contributed by atoms with Crippen molar-refractivity contribution in [2.75, 3.05) is 6.61 Å². The van der Waals surface area contributed by atoms with Gasteiger partial charge < -0.3 is 4.74 Å². The van der Waals surface area contributed by atoms with Crippen molar-refractivity contribution in [2.45, 2.75) is 12.8 Å². The Labute approximate surface area is 141 Å². The first-order valence-electron chi connectivity index (χ1n) is 7.78. The Morgan fingerprint density at radius 1 is 0.880 bits per heavy atom. The molecule has 0 bridgehead atoms. The van der Waals surface area contributed by atoms with Gasteiger partial charge in [0.05, 0.1) is 12.2 Å². The quantitative estimate of drug-likeness (QED) is 0.605. The zero-order valence-corrected chi connectivity index (χ0v) is 13.1. The SMILES string of the molecule is O=C1COCc2cc3ccccc3c(-c3ccc(C(F)(F)F)cc3)c21. The summed E-state index contributed by atoms with van der Waals surface area (Å²) in [5.74, 6) is -0.151. The van der Waals surface area contributed by atoms with Gasteiger partial charge in [0, 0.05) is 11.1 Å². The normalized spacial score (nSPS) is 14.6. The Morgan fingerprint density at radius 2 is 1.60 bits per heavy atom. The van der Waals surface area contributed by atoms with Crippen molar-refractivity contribution in [3.05, 3.63) is 71.3 Å². The highest BCUT2D eigenvalue weighted by molar-refractivity contribution is 6.12. The van der Waals surface area contributed by atoms with Crippen LogP contribution in [0.3, 0.4) is 0 Å². The van der Waals surface area contributed by atoms with Crippen molar-refractivity contribution in [2.24, 2.45) is 0 Å². The second-order valence-electron chi connectivity index (χ2n) is 6.00. The molecule has 3 aromatic rings. The zero-order chi connectivity index (χ0) is 17.6. The smallest absolute Gasteiger partial charge is 0.369 e. The molecular weight excluding hydrogens is 329 g/mol. The van der Waals surface area contributed by atoms with Crippen LogP contribution in [0.5, 0.6) is 0 Å². The van der Waals surface area contributed by atoms with Gasteiger partial charge in [-0.25, -0.2) is 0 Å². The van der Waals surface area contributed by atoms with Gasteiger partial charge in [-0.1, -0.05) is 36.4 Å². The van der Waals surface area contributed by atoms with Gasteiger partial charge in [0.2, 0.25) is 0 Å². The van der Waals surface area contributed by atoms with Crippen molar-refractivity contribution in [1.82, 2.24) is 0 Å². The van der Waals surface area contributed by atoms with E-state index in [2.05, 4.69) is 0 Å². The fourth-order valence-corrected chi connectivity index (χ4v) is 3.29. The second kappa shape index (κ2) is 5.70.